The fourth-order valence-corrected chi connectivity index (χ4v) is 1.29. The van der Waals surface area contributed by atoms with Crippen molar-refractivity contribution in [1.29, 1.82) is 0 Å². The standard InChI is InChI=1S/C15H18O3/c1-11(2)10-18-15(17)9-6-13-4-7-14(8-5-13)12(3)16/h4-9,11H,10H2,1-3H3/b9-6+. The van der Waals surface area contributed by atoms with E-state index in [-0.39, 0.29) is 11.8 Å². The largest absolute Gasteiger partial charge is 0.462 e. The number of ether oxygens (including phenoxy) is 1. The Kier molecular flexibility index (Phi) is 5.31. The molecule has 1 rings (SSSR count). The lowest BCUT2D eigenvalue weighted by Crippen LogP contribution is -2.06. The predicted molar refractivity (Wildman–Crippen MR) is 71.3 cm³/mol. The summed E-state index contributed by atoms with van der Waals surface area (Å²) in [6.45, 7) is 5.91. The molecule has 0 aliphatic carbocycles. The number of rotatable bonds is 5. The number of esters is 1. The molecule has 0 amide bonds. The Morgan fingerprint density at radius 2 is 1.83 bits per heavy atom. The summed E-state index contributed by atoms with van der Waals surface area (Å²) in [6, 6.07) is 7.06. The van der Waals surface area contributed by atoms with Crippen LogP contribution in [-0.4, -0.2) is 18.4 Å². The molecule has 0 aliphatic heterocycles. The SMILES string of the molecule is CC(=O)c1ccc(/C=C/C(=O)OCC(C)C)cc1. The van der Waals surface area contributed by atoms with Crippen molar-refractivity contribution in [1.82, 2.24) is 0 Å². The van der Waals surface area contributed by atoms with Crippen molar-refractivity contribution in [2.45, 2.75) is 20.8 Å². The van der Waals surface area contributed by atoms with Crippen LogP contribution in [0.4, 0.5) is 0 Å². The second-order valence-corrected chi connectivity index (χ2v) is 4.54. The minimum absolute atomic E-state index is 0.0295. The highest BCUT2D eigenvalue weighted by molar-refractivity contribution is 5.94. The second-order valence-electron chi connectivity index (χ2n) is 4.54. The van der Waals surface area contributed by atoms with Gasteiger partial charge in [-0.25, -0.2) is 4.79 Å². The summed E-state index contributed by atoms with van der Waals surface area (Å²) in [5.74, 6) is 0.0124. The minimum Gasteiger partial charge on any atom is -0.462 e. The molecule has 0 heterocycles. The van der Waals surface area contributed by atoms with E-state index in [1.165, 1.54) is 13.0 Å². The van der Waals surface area contributed by atoms with Gasteiger partial charge in [0.1, 0.15) is 0 Å². The summed E-state index contributed by atoms with van der Waals surface area (Å²) in [5, 5.41) is 0. The zero-order valence-electron chi connectivity index (χ0n) is 11.0. The minimum atomic E-state index is -0.348. The summed E-state index contributed by atoms with van der Waals surface area (Å²) >= 11 is 0. The maximum absolute atomic E-state index is 11.3. The Bertz CT molecular complexity index is 441. The number of benzene rings is 1. The van der Waals surface area contributed by atoms with Gasteiger partial charge >= 0.3 is 5.97 Å². The summed E-state index contributed by atoms with van der Waals surface area (Å²) in [7, 11) is 0. The molecule has 0 aromatic heterocycles. The van der Waals surface area contributed by atoms with Gasteiger partial charge in [-0.05, 0) is 24.5 Å². The number of carbonyl (C=O) groups is 2. The molecule has 0 unspecified atom stereocenters. The summed E-state index contributed by atoms with van der Waals surface area (Å²) in [6.07, 6.45) is 3.07. The lowest BCUT2D eigenvalue weighted by molar-refractivity contribution is -0.138. The molecule has 0 fully saturated rings. The van der Waals surface area contributed by atoms with Gasteiger partial charge in [-0.3, -0.25) is 4.79 Å². The number of carbonyl (C=O) groups excluding carboxylic acids is 2. The summed E-state index contributed by atoms with van der Waals surface area (Å²) in [5.41, 5.74) is 1.52. The van der Waals surface area contributed by atoms with Gasteiger partial charge in [-0.1, -0.05) is 38.1 Å². The van der Waals surface area contributed by atoms with Gasteiger partial charge in [-0.15, -0.1) is 0 Å². The van der Waals surface area contributed by atoms with Crippen molar-refractivity contribution in [2.24, 2.45) is 5.92 Å². The van der Waals surface area contributed by atoms with Crippen LogP contribution in [0.1, 0.15) is 36.7 Å². The zero-order chi connectivity index (χ0) is 13.5. The monoisotopic (exact) mass is 246 g/mol. The molecule has 96 valence electrons. The molecule has 1 aromatic carbocycles. The van der Waals surface area contributed by atoms with Crippen LogP contribution in [0.15, 0.2) is 30.3 Å². The third-order valence-corrected chi connectivity index (χ3v) is 2.29. The fraction of sp³-hybridized carbons (Fsp3) is 0.333. The molecule has 3 heteroatoms. The molecule has 0 saturated carbocycles. The van der Waals surface area contributed by atoms with Crippen molar-refractivity contribution in [3.63, 3.8) is 0 Å². The molecule has 0 radical (unpaired) electrons. The Morgan fingerprint density at radius 1 is 1.22 bits per heavy atom. The van der Waals surface area contributed by atoms with E-state index in [1.54, 1.807) is 30.3 Å². The Hall–Kier alpha value is -1.90. The van der Waals surface area contributed by atoms with Crippen molar-refractivity contribution in [3.8, 4) is 0 Å². The Labute approximate surface area is 107 Å². The van der Waals surface area contributed by atoms with Gasteiger partial charge < -0.3 is 4.74 Å². The van der Waals surface area contributed by atoms with E-state index in [9.17, 15) is 9.59 Å². The first-order valence-corrected chi connectivity index (χ1v) is 5.95. The molecular weight excluding hydrogens is 228 g/mol. The lowest BCUT2D eigenvalue weighted by atomic mass is 10.1. The van der Waals surface area contributed by atoms with E-state index in [4.69, 9.17) is 4.74 Å². The predicted octanol–water partition coefficient (Wildman–Crippen LogP) is 3.10. The van der Waals surface area contributed by atoms with Gasteiger partial charge in [0, 0.05) is 11.6 Å². The highest BCUT2D eigenvalue weighted by Gasteiger charge is 2.00. The number of ketones is 1. The van der Waals surface area contributed by atoms with Crippen molar-refractivity contribution >= 4 is 17.8 Å². The van der Waals surface area contributed by atoms with Gasteiger partial charge in [-0.2, -0.15) is 0 Å². The van der Waals surface area contributed by atoms with E-state index in [0.29, 0.717) is 18.1 Å². The topological polar surface area (TPSA) is 43.4 Å². The highest BCUT2D eigenvalue weighted by Crippen LogP contribution is 2.07. The fourth-order valence-electron chi connectivity index (χ4n) is 1.29. The third-order valence-electron chi connectivity index (χ3n) is 2.29. The number of Topliss-reactive ketones (excluding diaryl/α,β-unsaturated/α-hetero) is 1. The quantitative estimate of drug-likeness (QED) is 0.455. The average Bonchev–Trinajstić information content (AvgIpc) is 2.34. The highest BCUT2D eigenvalue weighted by atomic mass is 16.5. The normalized spacial score (nSPS) is 10.9. The van der Waals surface area contributed by atoms with Crippen LogP contribution in [0.2, 0.25) is 0 Å². The molecule has 0 spiro atoms. The van der Waals surface area contributed by atoms with Crippen molar-refractivity contribution in [2.75, 3.05) is 6.61 Å². The second kappa shape index (κ2) is 6.74. The molecule has 0 saturated heterocycles. The van der Waals surface area contributed by atoms with Crippen LogP contribution < -0.4 is 0 Å². The zero-order valence-corrected chi connectivity index (χ0v) is 11.0. The molecule has 0 atom stereocenters. The lowest BCUT2D eigenvalue weighted by Gasteiger charge is -2.03. The van der Waals surface area contributed by atoms with Gasteiger partial charge in [0.15, 0.2) is 5.78 Å². The van der Waals surface area contributed by atoms with E-state index in [1.807, 2.05) is 13.8 Å². The molecule has 0 bridgehead atoms. The van der Waals surface area contributed by atoms with Crippen LogP contribution in [0.5, 0.6) is 0 Å². The van der Waals surface area contributed by atoms with Gasteiger partial charge in [0.25, 0.3) is 0 Å². The van der Waals surface area contributed by atoms with E-state index in [0.717, 1.165) is 5.56 Å². The van der Waals surface area contributed by atoms with Crippen LogP contribution in [0, 0.1) is 5.92 Å². The van der Waals surface area contributed by atoms with Crippen LogP contribution in [0.3, 0.4) is 0 Å². The first kappa shape index (κ1) is 14.2. The molecular formula is C15H18O3. The molecule has 18 heavy (non-hydrogen) atoms. The van der Waals surface area contributed by atoms with Crippen molar-refractivity contribution < 1.29 is 14.3 Å². The smallest absolute Gasteiger partial charge is 0.330 e. The van der Waals surface area contributed by atoms with Crippen molar-refractivity contribution in [3.05, 3.63) is 41.5 Å². The van der Waals surface area contributed by atoms with E-state index < -0.39 is 0 Å². The molecule has 0 aliphatic rings. The molecule has 1 aromatic rings. The van der Waals surface area contributed by atoms with E-state index in [2.05, 4.69) is 0 Å². The molecule has 3 nitrogen and oxygen atoms in total. The Morgan fingerprint density at radius 3 is 2.33 bits per heavy atom. The first-order chi connectivity index (χ1) is 8.49. The van der Waals surface area contributed by atoms with Crippen LogP contribution in [0.25, 0.3) is 6.08 Å². The van der Waals surface area contributed by atoms with E-state index >= 15 is 0 Å². The first-order valence-electron chi connectivity index (χ1n) is 5.95. The third kappa shape index (κ3) is 4.95. The van der Waals surface area contributed by atoms with Crippen LogP contribution in [-0.2, 0) is 9.53 Å². The Balaban J connectivity index is 2.56. The van der Waals surface area contributed by atoms with Crippen LogP contribution >= 0.6 is 0 Å². The summed E-state index contributed by atoms with van der Waals surface area (Å²) in [4.78, 5) is 22.4. The van der Waals surface area contributed by atoms with Gasteiger partial charge in [0.2, 0.25) is 0 Å². The maximum atomic E-state index is 11.3. The summed E-state index contributed by atoms with van der Waals surface area (Å²) < 4.78 is 5.01. The van der Waals surface area contributed by atoms with Gasteiger partial charge in [0.05, 0.1) is 6.61 Å². The maximum Gasteiger partial charge on any atom is 0.330 e. The number of hydrogen-bond donors (Lipinski definition) is 0. The molecule has 0 N–H and O–H groups in total. The average molecular weight is 246 g/mol. The number of hydrogen-bond acceptors (Lipinski definition) is 3.